The maximum absolute atomic E-state index is 12.8. The largest absolute Gasteiger partial charge is 0.480 e. The number of nitrogens with one attached hydrogen (secondary N) is 3. The van der Waals surface area contributed by atoms with E-state index in [-0.39, 0.29) is 18.8 Å². The van der Waals surface area contributed by atoms with E-state index >= 15 is 0 Å². The lowest BCUT2D eigenvalue weighted by Gasteiger charge is -2.25. The third-order valence-corrected chi connectivity index (χ3v) is 5.51. The number of carboxylic acid groups (broad SMARTS) is 1. The standard InChI is InChI=1S/C20H38N6O6S/c1-11(2)16(23)19(30)26-14(10-15(22)27)18(29)24-12(7-9-33-3)17(28)25-13(20(31)32)6-4-5-8-21/h11-14,16H,4-10,21,23H2,1-3H3,(H2,22,27)(H,24,29)(H,25,28)(H,26,30)(H,31,32). The first-order valence-corrected chi connectivity index (χ1v) is 12.2. The van der Waals surface area contributed by atoms with E-state index in [0.29, 0.717) is 25.1 Å². The second-order valence-electron chi connectivity index (χ2n) is 8.03. The van der Waals surface area contributed by atoms with Gasteiger partial charge in [-0.2, -0.15) is 11.8 Å². The van der Waals surface area contributed by atoms with Crippen LogP contribution in [0.5, 0.6) is 0 Å². The maximum Gasteiger partial charge on any atom is 0.326 e. The fraction of sp³-hybridized carbons (Fsp3) is 0.750. The Hall–Kier alpha value is -2.38. The van der Waals surface area contributed by atoms with Crippen molar-refractivity contribution in [3.8, 4) is 0 Å². The van der Waals surface area contributed by atoms with Gasteiger partial charge in [0.05, 0.1) is 12.5 Å². The average molecular weight is 491 g/mol. The Morgan fingerprint density at radius 2 is 1.42 bits per heavy atom. The third-order valence-electron chi connectivity index (χ3n) is 4.86. The van der Waals surface area contributed by atoms with Gasteiger partial charge in [0, 0.05) is 0 Å². The van der Waals surface area contributed by atoms with Crippen LogP contribution in [0.1, 0.15) is 46.0 Å². The maximum atomic E-state index is 12.8. The molecule has 12 nitrogen and oxygen atoms in total. The Morgan fingerprint density at radius 3 is 1.91 bits per heavy atom. The van der Waals surface area contributed by atoms with Gasteiger partial charge in [0.15, 0.2) is 0 Å². The Morgan fingerprint density at radius 1 is 0.879 bits per heavy atom. The van der Waals surface area contributed by atoms with Crippen molar-refractivity contribution in [1.29, 1.82) is 0 Å². The van der Waals surface area contributed by atoms with Crippen LogP contribution in [0.15, 0.2) is 0 Å². The van der Waals surface area contributed by atoms with E-state index in [1.165, 1.54) is 11.8 Å². The second-order valence-corrected chi connectivity index (χ2v) is 9.01. The summed E-state index contributed by atoms with van der Waals surface area (Å²) in [6.45, 7) is 3.85. The molecule has 0 aromatic rings. The average Bonchev–Trinajstić information content (AvgIpc) is 2.73. The van der Waals surface area contributed by atoms with Crippen LogP contribution in [0.3, 0.4) is 0 Å². The van der Waals surface area contributed by atoms with Crippen molar-refractivity contribution in [3.05, 3.63) is 0 Å². The molecule has 0 saturated carbocycles. The zero-order chi connectivity index (χ0) is 25.6. The second kappa shape index (κ2) is 16.3. The van der Waals surface area contributed by atoms with Crippen molar-refractivity contribution >= 4 is 41.4 Å². The van der Waals surface area contributed by atoms with Crippen LogP contribution >= 0.6 is 11.8 Å². The monoisotopic (exact) mass is 490 g/mol. The van der Waals surface area contributed by atoms with Gasteiger partial charge in [-0.1, -0.05) is 13.8 Å². The van der Waals surface area contributed by atoms with Gasteiger partial charge in [-0.15, -0.1) is 0 Å². The van der Waals surface area contributed by atoms with Gasteiger partial charge in [0.2, 0.25) is 23.6 Å². The van der Waals surface area contributed by atoms with Gasteiger partial charge in [-0.05, 0) is 50.2 Å². The number of nitrogens with two attached hydrogens (primary N) is 3. The van der Waals surface area contributed by atoms with Crippen molar-refractivity contribution in [3.63, 3.8) is 0 Å². The summed E-state index contributed by atoms with van der Waals surface area (Å²) in [6, 6.07) is -4.45. The first kappa shape index (κ1) is 30.6. The highest BCUT2D eigenvalue weighted by Gasteiger charge is 2.31. The first-order chi connectivity index (χ1) is 15.4. The van der Waals surface area contributed by atoms with Crippen LogP contribution < -0.4 is 33.2 Å². The summed E-state index contributed by atoms with van der Waals surface area (Å²) in [5.74, 6) is -3.86. The highest BCUT2D eigenvalue weighted by atomic mass is 32.2. The van der Waals surface area contributed by atoms with Crippen molar-refractivity contribution in [1.82, 2.24) is 16.0 Å². The number of rotatable bonds is 17. The lowest BCUT2D eigenvalue weighted by Crippen LogP contribution is -2.58. The third kappa shape index (κ3) is 12.4. The summed E-state index contributed by atoms with van der Waals surface area (Å²) in [5.41, 5.74) is 16.4. The molecule has 0 heterocycles. The molecule has 0 spiro atoms. The Labute approximate surface area is 198 Å². The molecule has 0 fully saturated rings. The van der Waals surface area contributed by atoms with Crippen molar-refractivity contribution < 1.29 is 29.1 Å². The fourth-order valence-corrected chi connectivity index (χ4v) is 3.25. The zero-order valence-corrected chi connectivity index (χ0v) is 20.3. The molecule has 4 unspecified atom stereocenters. The number of carboxylic acids is 1. The number of hydrogen-bond donors (Lipinski definition) is 7. The molecular formula is C20H38N6O6S. The molecule has 0 rings (SSSR count). The van der Waals surface area contributed by atoms with Gasteiger partial charge < -0.3 is 38.3 Å². The van der Waals surface area contributed by atoms with Crippen LogP contribution in [-0.2, 0) is 24.0 Å². The number of carbonyl (C=O) groups excluding carboxylic acids is 4. The van der Waals surface area contributed by atoms with Gasteiger partial charge in [-0.3, -0.25) is 19.2 Å². The number of amides is 4. The van der Waals surface area contributed by atoms with E-state index < -0.39 is 60.2 Å². The van der Waals surface area contributed by atoms with Crippen LogP contribution in [-0.4, -0.2) is 77.4 Å². The smallest absolute Gasteiger partial charge is 0.326 e. The molecule has 0 saturated heterocycles. The lowest BCUT2D eigenvalue weighted by atomic mass is 10.0. The van der Waals surface area contributed by atoms with Crippen molar-refractivity contribution in [2.75, 3.05) is 18.6 Å². The minimum absolute atomic E-state index is 0.189. The van der Waals surface area contributed by atoms with E-state index in [1.807, 2.05) is 6.26 Å². The lowest BCUT2D eigenvalue weighted by molar-refractivity contribution is -0.142. The van der Waals surface area contributed by atoms with Crippen LogP contribution in [0.2, 0.25) is 0 Å². The molecule has 0 aliphatic carbocycles. The van der Waals surface area contributed by atoms with Crippen molar-refractivity contribution in [2.24, 2.45) is 23.1 Å². The Balaban J connectivity index is 5.43. The summed E-state index contributed by atoms with van der Waals surface area (Å²) in [4.78, 5) is 60.8. The summed E-state index contributed by atoms with van der Waals surface area (Å²) in [5, 5.41) is 16.7. The van der Waals surface area contributed by atoms with E-state index in [4.69, 9.17) is 17.2 Å². The van der Waals surface area contributed by atoms with E-state index in [9.17, 15) is 29.1 Å². The van der Waals surface area contributed by atoms with Gasteiger partial charge in [0.25, 0.3) is 0 Å². The molecule has 0 aromatic heterocycles. The Bertz CT molecular complexity index is 677. The fourth-order valence-electron chi connectivity index (χ4n) is 2.78. The molecule has 13 heteroatoms. The molecule has 0 aliphatic rings. The molecular weight excluding hydrogens is 452 g/mol. The SMILES string of the molecule is CSCCC(NC(=O)C(CC(N)=O)NC(=O)C(N)C(C)C)C(=O)NC(CCCCN)C(=O)O. The van der Waals surface area contributed by atoms with Gasteiger partial charge in [-0.25, -0.2) is 4.79 Å². The van der Waals surface area contributed by atoms with E-state index in [1.54, 1.807) is 13.8 Å². The summed E-state index contributed by atoms with van der Waals surface area (Å²) < 4.78 is 0. The molecule has 0 aliphatic heterocycles. The number of thioether (sulfide) groups is 1. The minimum atomic E-state index is -1.33. The van der Waals surface area contributed by atoms with Gasteiger partial charge in [0.1, 0.15) is 18.1 Å². The van der Waals surface area contributed by atoms with E-state index in [0.717, 1.165) is 0 Å². The number of carbonyl (C=O) groups is 5. The number of hydrogen-bond acceptors (Lipinski definition) is 8. The highest BCUT2D eigenvalue weighted by molar-refractivity contribution is 7.98. The number of primary amides is 1. The number of aliphatic carboxylic acids is 1. The summed E-state index contributed by atoms with van der Waals surface area (Å²) >= 11 is 1.43. The predicted molar refractivity (Wildman–Crippen MR) is 126 cm³/mol. The number of unbranched alkanes of at least 4 members (excludes halogenated alkanes) is 1. The minimum Gasteiger partial charge on any atom is -0.480 e. The van der Waals surface area contributed by atoms with Crippen LogP contribution in [0.4, 0.5) is 0 Å². The highest BCUT2D eigenvalue weighted by Crippen LogP contribution is 2.07. The molecule has 4 atom stereocenters. The topological polar surface area (TPSA) is 220 Å². The molecule has 0 aromatic carbocycles. The molecule has 4 amide bonds. The summed E-state index contributed by atoms with van der Waals surface area (Å²) in [6.07, 6.45) is 2.84. The molecule has 190 valence electrons. The first-order valence-electron chi connectivity index (χ1n) is 10.8. The Kier molecular flexibility index (Phi) is 15.1. The van der Waals surface area contributed by atoms with E-state index in [2.05, 4.69) is 16.0 Å². The quantitative estimate of drug-likeness (QED) is 0.115. The van der Waals surface area contributed by atoms with Crippen molar-refractivity contribution in [2.45, 2.75) is 70.1 Å². The van der Waals surface area contributed by atoms with Crippen LogP contribution in [0.25, 0.3) is 0 Å². The molecule has 0 radical (unpaired) electrons. The molecule has 33 heavy (non-hydrogen) atoms. The summed E-state index contributed by atoms with van der Waals surface area (Å²) in [7, 11) is 0. The zero-order valence-electron chi connectivity index (χ0n) is 19.5. The normalized spacial score (nSPS) is 14.6. The predicted octanol–water partition coefficient (Wildman–Crippen LogP) is -1.73. The molecule has 0 bridgehead atoms. The van der Waals surface area contributed by atoms with Crippen LogP contribution in [0, 0.1) is 5.92 Å². The van der Waals surface area contributed by atoms with Gasteiger partial charge >= 0.3 is 5.97 Å². The molecule has 10 N–H and O–H groups in total.